The van der Waals surface area contributed by atoms with Crippen molar-refractivity contribution in [3.63, 3.8) is 0 Å². The number of hydrazine groups is 1. The maximum absolute atomic E-state index is 13.0. The van der Waals surface area contributed by atoms with Gasteiger partial charge >= 0.3 is 12.4 Å². The molecule has 1 aromatic carbocycles. The van der Waals surface area contributed by atoms with E-state index in [1.165, 1.54) is 0 Å². The predicted octanol–water partition coefficient (Wildman–Crippen LogP) is 2.88. The third-order valence-electron chi connectivity index (χ3n) is 5.04. The van der Waals surface area contributed by atoms with Crippen LogP contribution in [0.15, 0.2) is 30.6 Å². The molecule has 8 nitrogen and oxygen atoms in total. The van der Waals surface area contributed by atoms with Crippen LogP contribution in [0.4, 0.5) is 26.3 Å². The number of benzene rings is 1. The summed E-state index contributed by atoms with van der Waals surface area (Å²) in [5.74, 6) is -1.53. The van der Waals surface area contributed by atoms with Crippen molar-refractivity contribution in [2.45, 2.75) is 30.8 Å². The molecule has 2 aromatic rings. The van der Waals surface area contributed by atoms with Crippen molar-refractivity contribution in [1.82, 2.24) is 25.2 Å². The van der Waals surface area contributed by atoms with E-state index in [0.717, 1.165) is 41.1 Å². The third-order valence-corrected chi connectivity index (χ3v) is 5.04. The zero-order chi connectivity index (χ0) is 24.0. The number of halogens is 6. The number of nitrogens with zero attached hydrogens (tertiary/aromatic N) is 4. The van der Waals surface area contributed by atoms with Crippen LogP contribution in [0, 0.1) is 0 Å². The minimum absolute atomic E-state index is 0.00340. The number of aromatic nitrogens is 3. The van der Waals surface area contributed by atoms with Crippen LogP contribution in [0.3, 0.4) is 0 Å². The number of alkyl halides is 6. The van der Waals surface area contributed by atoms with Gasteiger partial charge < -0.3 is 4.74 Å². The van der Waals surface area contributed by atoms with Crippen molar-refractivity contribution >= 4 is 18.0 Å². The molecule has 1 saturated carbocycles. The Morgan fingerprint density at radius 1 is 1.09 bits per heavy atom. The van der Waals surface area contributed by atoms with Crippen molar-refractivity contribution in [1.29, 1.82) is 0 Å². The average molecular weight is 475 g/mol. The van der Waals surface area contributed by atoms with E-state index in [2.05, 4.69) is 15.5 Å². The highest BCUT2D eigenvalue weighted by molar-refractivity contribution is 5.92. The topological polar surface area (TPSA) is 89.3 Å². The number of nitrogens with one attached hydrogen (secondary N) is 1. The van der Waals surface area contributed by atoms with Crippen LogP contribution >= 0.6 is 0 Å². The molecule has 2 aliphatic rings. The molecule has 0 unspecified atom stereocenters. The number of hydrogen-bond acceptors (Lipinski definition) is 5. The first-order chi connectivity index (χ1) is 15.3. The molecule has 2 heterocycles. The minimum atomic E-state index is -5.01. The van der Waals surface area contributed by atoms with Gasteiger partial charge in [0.05, 0.1) is 23.3 Å². The quantitative estimate of drug-likeness (QED) is 0.543. The fraction of sp³-hybridized carbons (Fsp3) is 0.368. The molecule has 2 fully saturated rings. The van der Waals surface area contributed by atoms with Crippen LogP contribution in [-0.4, -0.2) is 50.3 Å². The summed E-state index contributed by atoms with van der Waals surface area (Å²) >= 11 is 0. The predicted molar refractivity (Wildman–Crippen MR) is 98.6 cm³/mol. The fourth-order valence-corrected chi connectivity index (χ4v) is 3.14. The smallest absolute Gasteiger partial charge is 0.363 e. The van der Waals surface area contributed by atoms with E-state index in [-0.39, 0.29) is 19.2 Å². The maximum atomic E-state index is 13.0. The summed E-state index contributed by atoms with van der Waals surface area (Å²) in [7, 11) is 0. The summed E-state index contributed by atoms with van der Waals surface area (Å²) in [5.41, 5.74) is -1.53. The molecule has 33 heavy (non-hydrogen) atoms. The third kappa shape index (κ3) is 5.16. The first-order valence-corrected chi connectivity index (χ1v) is 9.49. The lowest BCUT2D eigenvalue weighted by molar-refractivity contribution is -0.159. The van der Waals surface area contributed by atoms with Gasteiger partial charge in [-0.05, 0) is 31.0 Å². The molecule has 2 amide bonds. The highest BCUT2D eigenvalue weighted by Gasteiger charge is 2.50. The Hall–Kier alpha value is -3.42. The maximum Gasteiger partial charge on any atom is 0.416 e. The molecule has 0 radical (unpaired) electrons. The number of morpholine rings is 1. The molecule has 1 N–H and O–H groups in total. The Morgan fingerprint density at radius 2 is 1.73 bits per heavy atom. The second-order valence-electron chi connectivity index (χ2n) is 7.59. The van der Waals surface area contributed by atoms with Gasteiger partial charge in [-0.25, -0.2) is 14.7 Å². The molecule has 4 rings (SSSR count). The van der Waals surface area contributed by atoms with E-state index in [1.54, 1.807) is 0 Å². The van der Waals surface area contributed by atoms with E-state index in [0.29, 0.717) is 12.1 Å². The SMILES string of the molecule is O=C(/C=C\n1cnc(-c2cc(C(F)(F)F)cc(C(F)(F)F)c2)n1)NN1CC2(CC2)OCC1=O. The number of carbonyl (C=O) groups is 2. The van der Waals surface area contributed by atoms with Gasteiger partial charge in [0.25, 0.3) is 11.8 Å². The lowest BCUT2D eigenvalue weighted by Crippen LogP contribution is -2.55. The molecule has 1 aliphatic heterocycles. The molecule has 1 aromatic heterocycles. The monoisotopic (exact) mass is 475 g/mol. The lowest BCUT2D eigenvalue weighted by atomic mass is 10.0. The van der Waals surface area contributed by atoms with E-state index >= 15 is 0 Å². The van der Waals surface area contributed by atoms with Gasteiger partial charge in [-0.1, -0.05) is 0 Å². The van der Waals surface area contributed by atoms with Crippen LogP contribution in [0.2, 0.25) is 0 Å². The Balaban J connectivity index is 1.49. The number of carbonyl (C=O) groups excluding carboxylic acids is 2. The largest absolute Gasteiger partial charge is 0.416 e. The molecule has 1 aliphatic carbocycles. The van der Waals surface area contributed by atoms with Gasteiger partial charge in [-0.2, -0.15) is 26.3 Å². The van der Waals surface area contributed by atoms with Crippen molar-refractivity contribution in [3.8, 4) is 11.4 Å². The molecule has 176 valence electrons. The zero-order valence-electron chi connectivity index (χ0n) is 16.6. The van der Waals surface area contributed by atoms with Crippen molar-refractivity contribution in [2.75, 3.05) is 13.2 Å². The molecule has 1 saturated heterocycles. The molecular weight excluding hydrogens is 460 g/mol. The van der Waals surface area contributed by atoms with E-state index in [4.69, 9.17) is 4.74 Å². The van der Waals surface area contributed by atoms with Crippen LogP contribution in [0.1, 0.15) is 24.0 Å². The molecule has 0 atom stereocenters. The Kier molecular flexibility index (Phi) is 5.42. The normalized spacial score (nSPS) is 18.2. The lowest BCUT2D eigenvalue weighted by Gasteiger charge is -2.32. The Morgan fingerprint density at radius 3 is 2.30 bits per heavy atom. The van der Waals surface area contributed by atoms with E-state index in [9.17, 15) is 35.9 Å². The molecule has 1 spiro atoms. The fourth-order valence-electron chi connectivity index (χ4n) is 3.14. The molecule has 14 heteroatoms. The summed E-state index contributed by atoms with van der Waals surface area (Å²) in [6.07, 6.45) is -5.40. The standard InChI is InChI=1S/C19H15F6N5O3/c20-18(21,22)12-5-11(6-13(7-12)19(23,24)25)16-26-10-29(28-16)4-1-14(31)27-30-9-17(2-3-17)33-8-15(30)32/h1,4-7,10H,2-3,8-9H2,(H,27,31)/b4-1-. The minimum Gasteiger partial charge on any atom is -0.363 e. The van der Waals surface area contributed by atoms with Crippen molar-refractivity contribution in [3.05, 3.63) is 41.7 Å². The van der Waals surface area contributed by atoms with E-state index in [1.807, 2.05) is 0 Å². The van der Waals surface area contributed by atoms with Gasteiger partial charge in [0, 0.05) is 17.8 Å². The van der Waals surface area contributed by atoms with Gasteiger partial charge in [0.1, 0.15) is 12.9 Å². The molecular formula is C19H15F6N5O3. The van der Waals surface area contributed by atoms with Crippen molar-refractivity contribution < 1.29 is 40.7 Å². The van der Waals surface area contributed by atoms with Gasteiger partial charge in [0.15, 0.2) is 5.82 Å². The number of hydrogen-bond donors (Lipinski definition) is 1. The molecule has 0 bridgehead atoms. The summed E-state index contributed by atoms with van der Waals surface area (Å²) in [6, 6.07) is 1.01. The first kappa shape index (κ1) is 22.8. The zero-order valence-corrected chi connectivity index (χ0v) is 16.6. The number of rotatable bonds is 4. The van der Waals surface area contributed by atoms with Crippen LogP contribution < -0.4 is 5.43 Å². The number of amides is 2. The van der Waals surface area contributed by atoms with Crippen molar-refractivity contribution in [2.24, 2.45) is 0 Å². The summed E-state index contributed by atoms with van der Waals surface area (Å²) in [6.45, 7) is 0.0449. The van der Waals surface area contributed by atoms with Crippen LogP contribution in [0.25, 0.3) is 17.6 Å². The van der Waals surface area contributed by atoms with E-state index < -0.39 is 52.3 Å². The average Bonchev–Trinajstić information content (AvgIpc) is 3.30. The number of ether oxygens (including phenoxy) is 1. The first-order valence-electron chi connectivity index (χ1n) is 9.49. The second kappa shape index (κ2) is 7.86. The highest BCUT2D eigenvalue weighted by Crippen LogP contribution is 2.41. The second-order valence-corrected chi connectivity index (χ2v) is 7.59. The summed E-state index contributed by atoms with van der Waals surface area (Å²) in [4.78, 5) is 27.7. The van der Waals surface area contributed by atoms with Gasteiger partial charge in [0.2, 0.25) is 0 Å². The van der Waals surface area contributed by atoms with Gasteiger partial charge in [-0.15, -0.1) is 5.10 Å². The van der Waals surface area contributed by atoms with Crippen LogP contribution in [0.5, 0.6) is 0 Å². The highest BCUT2D eigenvalue weighted by atomic mass is 19.4. The van der Waals surface area contributed by atoms with Crippen LogP contribution in [-0.2, 0) is 26.7 Å². The Labute approximate surface area is 181 Å². The van der Waals surface area contributed by atoms with Gasteiger partial charge in [-0.3, -0.25) is 15.0 Å². The Bertz CT molecular complexity index is 1090. The summed E-state index contributed by atoms with van der Waals surface area (Å²) in [5, 5.41) is 4.93. The summed E-state index contributed by atoms with van der Waals surface area (Å²) < 4.78 is 84.5.